The molecule has 10 heteroatoms. The lowest BCUT2D eigenvalue weighted by Crippen LogP contribution is -2.54. The summed E-state index contributed by atoms with van der Waals surface area (Å²) in [6, 6.07) is 1.68. The summed E-state index contributed by atoms with van der Waals surface area (Å²) in [5.41, 5.74) is 6.32. The van der Waals surface area contributed by atoms with Gasteiger partial charge in [-0.2, -0.15) is 18.3 Å². The molecule has 0 bridgehead atoms. The van der Waals surface area contributed by atoms with Crippen LogP contribution >= 0.6 is 0 Å². The molecule has 120 valence electrons. The molecule has 1 aromatic rings. The molecule has 22 heavy (non-hydrogen) atoms. The lowest BCUT2D eigenvalue weighted by Gasteiger charge is -2.31. The van der Waals surface area contributed by atoms with Gasteiger partial charge in [0.25, 0.3) is 0 Å². The summed E-state index contributed by atoms with van der Waals surface area (Å²) in [6.45, 7) is 1.48. The lowest BCUT2D eigenvalue weighted by molar-refractivity contribution is -0.0876. The van der Waals surface area contributed by atoms with Gasteiger partial charge in [-0.25, -0.2) is 4.99 Å². The van der Waals surface area contributed by atoms with E-state index in [9.17, 15) is 13.2 Å². The normalized spacial score (nSPS) is 25.0. The Morgan fingerprint density at radius 2 is 2.27 bits per heavy atom. The van der Waals surface area contributed by atoms with E-state index in [2.05, 4.69) is 20.7 Å². The van der Waals surface area contributed by atoms with E-state index in [0.29, 0.717) is 25.5 Å². The fourth-order valence-corrected chi connectivity index (χ4v) is 2.34. The largest absolute Gasteiger partial charge is 0.421 e. The van der Waals surface area contributed by atoms with E-state index in [4.69, 9.17) is 10.5 Å². The first kappa shape index (κ1) is 14.9. The number of hydrogen-bond donors (Lipinski definition) is 3. The zero-order valence-electron chi connectivity index (χ0n) is 11.7. The van der Waals surface area contributed by atoms with Gasteiger partial charge in [0.05, 0.1) is 25.5 Å². The van der Waals surface area contributed by atoms with Gasteiger partial charge in [0.15, 0.2) is 0 Å². The summed E-state index contributed by atoms with van der Waals surface area (Å²) in [5, 5.41) is 9.34. The van der Waals surface area contributed by atoms with Crippen molar-refractivity contribution >= 4 is 6.21 Å². The van der Waals surface area contributed by atoms with E-state index < -0.39 is 17.5 Å². The number of alkyl halides is 3. The van der Waals surface area contributed by atoms with Gasteiger partial charge in [-0.15, -0.1) is 0 Å². The van der Waals surface area contributed by atoms with Gasteiger partial charge in [-0.3, -0.25) is 10.4 Å². The fourth-order valence-electron chi connectivity index (χ4n) is 2.34. The number of rotatable bonds is 2. The van der Waals surface area contributed by atoms with Crippen LogP contribution in [0.3, 0.4) is 0 Å². The molecular formula is C12H15F3N6O. The molecular weight excluding hydrogens is 301 g/mol. The Labute approximate surface area is 124 Å². The van der Waals surface area contributed by atoms with Gasteiger partial charge in [0, 0.05) is 13.3 Å². The van der Waals surface area contributed by atoms with E-state index in [1.807, 2.05) is 0 Å². The van der Waals surface area contributed by atoms with Gasteiger partial charge >= 0.3 is 6.18 Å². The predicted molar refractivity (Wildman–Crippen MR) is 71.5 cm³/mol. The third-order valence-corrected chi connectivity index (χ3v) is 3.49. The van der Waals surface area contributed by atoms with Crippen molar-refractivity contribution in [3.63, 3.8) is 0 Å². The molecule has 2 aliphatic rings. The lowest BCUT2D eigenvalue weighted by atomic mass is 10.1. The van der Waals surface area contributed by atoms with Gasteiger partial charge in [-0.1, -0.05) is 0 Å². The maximum Gasteiger partial charge on any atom is 0.421 e. The van der Waals surface area contributed by atoms with Crippen LogP contribution in [0.25, 0.3) is 0 Å². The summed E-state index contributed by atoms with van der Waals surface area (Å²) < 4.78 is 45.8. The quantitative estimate of drug-likeness (QED) is 0.723. The minimum atomic E-state index is -4.53. The number of aromatic nitrogens is 2. The van der Waals surface area contributed by atoms with Crippen LogP contribution in [0.2, 0.25) is 0 Å². The molecule has 0 fully saturated rings. The third kappa shape index (κ3) is 2.44. The molecule has 7 nitrogen and oxygen atoms in total. The Morgan fingerprint density at radius 1 is 1.50 bits per heavy atom. The van der Waals surface area contributed by atoms with Crippen LogP contribution in [0.15, 0.2) is 22.5 Å². The first-order valence-electron chi connectivity index (χ1n) is 6.60. The van der Waals surface area contributed by atoms with E-state index in [1.165, 1.54) is 7.05 Å². The van der Waals surface area contributed by atoms with E-state index >= 15 is 0 Å². The highest BCUT2D eigenvalue weighted by Crippen LogP contribution is 2.30. The average molecular weight is 316 g/mol. The second-order valence-corrected chi connectivity index (χ2v) is 4.98. The van der Waals surface area contributed by atoms with Crippen molar-refractivity contribution in [3.05, 3.63) is 28.8 Å². The number of aliphatic imine (C=N–C) groups is 1. The minimum Gasteiger partial charge on any atom is -0.374 e. The number of halogens is 3. The molecule has 0 aromatic carbocycles. The number of ether oxygens (including phenoxy) is 1. The SMILES string of the molecule is CNC1=C(C(F)(F)F)C=NC(N)(c2cc3n(n2)CCOC3)N1. The topological polar surface area (TPSA) is 89.5 Å². The van der Waals surface area contributed by atoms with Crippen LogP contribution in [-0.4, -0.2) is 35.8 Å². The molecule has 1 unspecified atom stereocenters. The van der Waals surface area contributed by atoms with Crippen LogP contribution in [0.1, 0.15) is 11.4 Å². The standard InChI is InChI=1S/C12H15F3N6O/c1-17-10-8(11(13,14)15)5-18-12(16,19-10)9-4-7-6-22-3-2-21(7)20-9/h4-5,17,19H,2-3,6,16H2,1H3. The molecule has 0 amide bonds. The first-order chi connectivity index (χ1) is 10.3. The molecule has 1 aromatic heterocycles. The van der Waals surface area contributed by atoms with Crippen LogP contribution in [0.4, 0.5) is 13.2 Å². The Bertz CT molecular complexity index is 626. The zero-order chi connectivity index (χ0) is 16.0. The zero-order valence-corrected chi connectivity index (χ0v) is 11.7. The molecule has 0 spiro atoms. The van der Waals surface area contributed by atoms with Crippen molar-refractivity contribution in [3.8, 4) is 0 Å². The predicted octanol–water partition coefficient (Wildman–Crippen LogP) is 0.150. The molecule has 4 N–H and O–H groups in total. The number of allylic oxidation sites excluding steroid dienone is 1. The maximum absolute atomic E-state index is 12.9. The number of nitrogens with zero attached hydrogens (tertiary/aromatic N) is 3. The molecule has 3 rings (SSSR count). The smallest absolute Gasteiger partial charge is 0.374 e. The Morgan fingerprint density at radius 3 is 2.91 bits per heavy atom. The van der Waals surface area contributed by atoms with Crippen LogP contribution in [0.5, 0.6) is 0 Å². The summed E-state index contributed by atoms with van der Waals surface area (Å²) in [4.78, 5) is 3.83. The Kier molecular flexibility index (Phi) is 3.37. The summed E-state index contributed by atoms with van der Waals surface area (Å²) in [6.07, 6.45) is -3.81. The summed E-state index contributed by atoms with van der Waals surface area (Å²) in [5.74, 6) is -1.80. The van der Waals surface area contributed by atoms with Crippen LogP contribution in [0, 0.1) is 0 Å². The monoisotopic (exact) mass is 316 g/mol. The van der Waals surface area contributed by atoms with Crippen molar-refractivity contribution in [1.82, 2.24) is 20.4 Å². The third-order valence-electron chi connectivity index (χ3n) is 3.49. The molecule has 0 aliphatic carbocycles. The molecule has 1 atom stereocenters. The van der Waals surface area contributed by atoms with Gasteiger partial charge < -0.3 is 15.4 Å². The summed E-state index contributed by atoms with van der Waals surface area (Å²) >= 11 is 0. The van der Waals surface area contributed by atoms with Crippen molar-refractivity contribution < 1.29 is 17.9 Å². The minimum absolute atomic E-state index is 0.243. The van der Waals surface area contributed by atoms with Crippen molar-refractivity contribution in [2.45, 2.75) is 25.1 Å². The van der Waals surface area contributed by atoms with Crippen LogP contribution < -0.4 is 16.4 Å². The highest BCUT2D eigenvalue weighted by molar-refractivity contribution is 5.82. The number of hydrogen-bond acceptors (Lipinski definition) is 6. The molecule has 2 aliphatic heterocycles. The summed E-state index contributed by atoms with van der Waals surface area (Å²) in [7, 11) is 1.37. The molecule has 0 radical (unpaired) electrons. The molecule has 0 saturated heterocycles. The second-order valence-electron chi connectivity index (χ2n) is 4.98. The van der Waals surface area contributed by atoms with Crippen molar-refractivity contribution in [2.75, 3.05) is 13.7 Å². The van der Waals surface area contributed by atoms with Gasteiger partial charge in [-0.05, 0) is 6.07 Å². The van der Waals surface area contributed by atoms with E-state index in [1.54, 1.807) is 10.7 Å². The number of fused-ring (bicyclic) bond motifs is 1. The highest BCUT2D eigenvalue weighted by atomic mass is 19.4. The van der Waals surface area contributed by atoms with Crippen molar-refractivity contribution in [2.24, 2.45) is 10.7 Å². The fraction of sp³-hybridized carbons (Fsp3) is 0.500. The Balaban J connectivity index is 1.94. The number of nitrogens with two attached hydrogens (primary N) is 1. The first-order valence-corrected chi connectivity index (χ1v) is 6.60. The van der Waals surface area contributed by atoms with Crippen LogP contribution in [-0.2, 0) is 23.7 Å². The van der Waals surface area contributed by atoms with Gasteiger partial charge in [0.1, 0.15) is 17.1 Å². The van der Waals surface area contributed by atoms with E-state index in [0.717, 1.165) is 11.9 Å². The number of nitrogens with one attached hydrogen (secondary N) is 2. The van der Waals surface area contributed by atoms with Crippen molar-refractivity contribution in [1.29, 1.82) is 0 Å². The molecule has 3 heterocycles. The van der Waals surface area contributed by atoms with E-state index in [-0.39, 0.29) is 5.82 Å². The maximum atomic E-state index is 12.9. The average Bonchev–Trinajstić information content (AvgIpc) is 2.90. The van der Waals surface area contributed by atoms with Gasteiger partial charge in [0.2, 0.25) is 5.79 Å². The Hall–Kier alpha value is -2.07. The highest BCUT2D eigenvalue weighted by Gasteiger charge is 2.42. The molecule has 0 saturated carbocycles. The second kappa shape index (κ2) is 4.99.